The van der Waals surface area contributed by atoms with E-state index in [9.17, 15) is 4.79 Å². The molecule has 2 saturated heterocycles. The average molecular weight is 183 g/mol. The minimum Gasteiger partial charge on any atom is -0.316 e. The maximum absolute atomic E-state index is 11.0. The molecule has 4 nitrogen and oxygen atoms in total. The van der Waals surface area contributed by atoms with Gasteiger partial charge in [-0.3, -0.25) is 10.2 Å². The third kappa shape index (κ3) is 1.69. The second kappa shape index (κ2) is 3.27. The molecular weight excluding hydrogens is 166 g/mol. The van der Waals surface area contributed by atoms with Crippen LogP contribution < -0.4 is 16.2 Å². The molecule has 0 aromatic carbocycles. The van der Waals surface area contributed by atoms with Crippen LogP contribution in [0.15, 0.2) is 0 Å². The standard InChI is InChI=1S/C9H17N3O/c1-9(3-2-4-10-6-9)7-5-8(13)12-11-7/h7,10-11H,2-6H2,1H3,(H,12,13). The highest BCUT2D eigenvalue weighted by Gasteiger charge is 2.39. The monoisotopic (exact) mass is 183 g/mol. The van der Waals surface area contributed by atoms with Crippen molar-refractivity contribution < 1.29 is 4.79 Å². The molecule has 2 fully saturated rings. The number of hydrogen-bond acceptors (Lipinski definition) is 3. The lowest BCUT2D eigenvalue weighted by molar-refractivity contribution is -0.119. The number of nitrogens with one attached hydrogen (secondary N) is 3. The van der Waals surface area contributed by atoms with Crippen LogP contribution in [0.25, 0.3) is 0 Å². The zero-order valence-corrected chi connectivity index (χ0v) is 8.02. The van der Waals surface area contributed by atoms with Gasteiger partial charge < -0.3 is 5.32 Å². The lowest BCUT2D eigenvalue weighted by atomic mass is 9.75. The second-order valence-corrected chi connectivity index (χ2v) is 4.38. The fourth-order valence-corrected chi connectivity index (χ4v) is 2.25. The van der Waals surface area contributed by atoms with Crippen molar-refractivity contribution in [3.63, 3.8) is 0 Å². The van der Waals surface area contributed by atoms with E-state index in [0.717, 1.165) is 13.1 Å². The third-order valence-corrected chi connectivity index (χ3v) is 3.25. The Bertz CT molecular complexity index is 211. The first kappa shape index (κ1) is 8.97. The van der Waals surface area contributed by atoms with Gasteiger partial charge in [0, 0.05) is 19.0 Å². The van der Waals surface area contributed by atoms with E-state index >= 15 is 0 Å². The molecule has 2 aliphatic rings. The van der Waals surface area contributed by atoms with Gasteiger partial charge in [-0.1, -0.05) is 6.92 Å². The van der Waals surface area contributed by atoms with E-state index in [1.807, 2.05) is 0 Å². The molecule has 0 radical (unpaired) electrons. The van der Waals surface area contributed by atoms with E-state index in [4.69, 9.17) is 0 Å². The van der Waals surface area contributed by atoms with Crippen molar-refractivity contribution in [1.29, 1.82) is 0 Å². The molecule has 2 aliphatic heterocycles. The smallest absolute Gasteiger partial charge is 0.235 e. The molecule has 2 rings (SSSR count). The highest BCUT2D eigenvalue weighted by Crippen LogP contribution is 2.32. The third-order valence-electron chi connectivity index (χ3n) is 3.25. The number of amides is 1. The molecule has 74 valence electrons. The Morgan fingerprint density at radius 2 is 2.38 bits per heavy atom. The van der Waals surface area contributed by atoms with Crippen molar-refractivity contribution in [1.82, 2.24) is 16.2 Å². The number of hydrogen-bond donors (Lipinski definition) is 3. The first-order valence-electron chi connectivity index (χ1n) is 4.96. The number of piperidine rings is 1. The van der Waals surface area contributed by atoms with Crippen LogP contribution in [0.2, 0.25) is 0 Å². The first-order chi connectivity index (χ1) is 6.21. The van der Waals surface area contributed by atoms with Crippen molar-refractivity contribution in [3.8, 4) is 0 Å². The van der Waals surface area contributed by atoms with Crippen molar-refractivity contribution in [2.75, 3.05) is 13.1 Å². The molecule has 0 aliphatic carbocycles. The summed E-state index contributed by atoms with van der Waals surface area (Å²) in [6, 6.07) is 0.299. The maximum atomic E-state index is 11.0. The second-order valence-electron chi connectivity index (χ2n) is 4.38. The summed E-state index contributed by atoms with van der Waals surface area (Å²) in [7, 11) is 0. The van der Waals surface area contributed by atoms with Crippen LogP contribution >= 0.6 is 0 Å². The van der Waals surface area contributed by atoms with Crippen LogP contribution in [0.1, 0.15) is 26.2 Å². The highest BCUT2D eigenvalue weighted by atomic mass is 16.2. The lowest BCUT2D eigenvalue weighted by Crippen LogP contribution is -2.50. The maximum Gasteiger partial charge on any atom is 0.235 e. The zero-order valence-electron chi connectivity index (χ0n) is 8.02. The molecule has 3 N–H and O–H groups in total. The van der Waals surface area contributed by atoms with Crippen LogP contribution in [0.5, 0.6) is 0 Å². The minimum atomic E-state index is 0.122. The summed E-state index contributed by atoms with van der Waals surface area (Å²) in [4.78, 5) is 11.0. The normalized spacial score (nSPS) is 40.4. The summed E-state index contributed by atoms with van der Waals surface area (Å²) >= 11 is 0. The summed E-state index contributed by atoms with van der Waals surface area (Å²) < 4.78 is 0. The van der Waals surface area contributed by atoms with Crippen molar-refractivity contribution in [3.05, 3.63) is 0 Å². The summed E-state index contributed by atoms with van der Waals surface area (Å²) in [6.07, 6.45) is 3.04. The van der Waals surface area contributed by atoms with E-state index in [0.29, 0.717) is 12.5 Å². The molecular formula is C9H17N3O. The quantitative estimate of drug-likeness (QED) is 0.526. The fraction of sp³-hybridized carbons (Fsp3) is 0.889. The molecule has 1 amide bonds. The molecule has 0 spiro atoms. The Balaban J connectivity index is 2.01. The van der Waals surface area contributed by atoms with Crippen LogP contribution in [-0.2, 0) is 4.79 Å². The molecule has 13 heavy (non-hydrogen) atoms. The predicted octanol–water partition coefficient (Wildman–Crippen LogP) is -0.231. The zero-order chi connectivity index (χ0) is 9.31. The van der Waals surface area contributed by atoms with Gasteiger partial charge in [-0.15, -0.1) is 0 Å². The van der Waals surface area contributed by atoms with Gasteiger partial charge in [0.05, 0.1) is 0 Å². The van der Waals surface area contributed by atoms with Gasteiger partial charge in [-0.2, -0.15) is 0 Å². The lowest BCUT2D eigenvalue weighted by Gasteiger charge is -2.38. The van der Waals surface area contributed by atoms with Crippen molar-refractivity contribution in [2.24, 2.45) is 5.41 Å². The van der Waals surface area contributed by atoms with Gasteiger partial charge in [-0.25, -0.2) is 5.43 Å². The average Bonchev–Trinajstić information content (AvgIpc) is 2.54. The van der Waals surface area contributed by atoms with E-state index in [-0.39, 0.29) is 11.3 Å². The molecule has 2 unspecified atom stereocenters. The molecule has 4 heteroatoms. The van der Waals surface area contributed by atoms with E-state index in [2.05, 4.69) is 23.1 Å². The Labute approximate surface area is 78.4 Å². The number of hydrazine groups is 1. The molecule has 2 heterocycles. The van der Waals surface area contributed by atoms with Crippen LogP contribution in [0.4, 0.5) is 0 Å². The number of carbonyl (C=O) groups is 1. The Morgan fingerprint density at radius 1 is 1.54 bits per heavy atom. The van der Waals surface area contributed by atoms with Gasteiger partial charge >= 0.3 is 0 Å². The molecule has 0 saturated carbocycles. The fourth-order valence-electron chi connectivity index (χ4n) is 2.25. The van der Waals surface area contributed by atoms with Crippen LogP contribution in [0.3, 0.4) is 0 Å². The van der Waals surface area contributed by atoms with Crippen molar-refractivity contribution >= 4 is 5.91 Å². The molecule has 0 aromatic heterocycles. The van der Waals surface area contributed by atoms with Gasteiger partial charge in [0.25, 0.3) is 0 Å². The Morgan fingerprint density at radius 3 is 2.92 bits per heavy atom. The highest BCUT2D eigenvalue weighted by molar-refractivity contribution is 5.78. The van der Waals surface area contributed by atoms with Gasteiger partial charge in [-0.05, 0) is 24.8 Å². The summed E-state index contributed by atoms with van der Waals surface area (Å²) in [6.45, 7) is 4.38. The summed E-state index contributed by atoms with van der Waals surface area (Å²) in [5, 5.41) is 3.39. The Hall–Kier alpha value is -0.610. The largest absolute Gasteiger partial charge is 0.316 e. The summed E-state index contributed by atoms with van der Waals surface area (Å²) in [5.74, 6) is 0.122. The Kier molecular flexibility index (Phi) is 2.26. The first-order valence-corrected chi connectivity index (χ1v) is 4.96. The summed E-state index contributed by atoms with van der Waals surface area (Å²) in [5.41, 5.74) is 5.99. The topological polar surface area (TPSA) is 53.2 Å². The van der Waals surface area contributed by atoms with E-state index in [1.54, 1.807) is 0 Å². The molecule has 0 aromatic rings. The minimum absolute atomic E-state index is 0.122. The number of rotatable bonds is 1. The van der Waals surface area contributed by atoms with Gasteiger partial charge in [0.2, 0.25) is 5.91 Å². The van der Waals surface area contributed by atoms with E-state index in [1.165, 1.54) is 12.8 Å². The van der Waals surface area contributed by atoms with Gasteiger partial charge in [0.1, 0.15) is 0 Å². The van der Waals surface area contributed by atoms with Gasteiger partial charge in [0.15, 0.2) is 0 Å². The van der Waals surface area contributed by atoms with Crippen LogP contribution in [-0.4, -0.2) is 25.0 Å². The predicted molar refractivity (Wildman–Crippen MR) is 49.9 cm³/mol. The molecule has 0 bridgehead atoms. The van der Waals surface area contributed by atoms with E-state index < -0.39 is 0 Å². The number of carbonyl (C=O) groups excluding carboxylic acids is 1. The molecule has 2 atom stereocenters. The van der Waals surface area contributed by atoms with Crippen molar-refractivity contribution in [2.45, 2.75) is 32.2 Å². The SMILES string of the molecule is CC1(C2CC(=O)NN2)CCCNC1. The van der Waals surface area contributed by atoms with Crippen LogP contribution in [0, 0.1) is 5.41 Å².